The number of nitrogens with one attached hydrogen (secondary N) is 1. The second-order valence-corrected chi connectivity index (χ2v) is 6.12. The van der Waals surface area contributed by atoms with E-state index < -0.39 is 0 Å². The Hall–Kier alpha value is -0.610. The number of rotatable bonds is 2. The SMILES string of the molecule is CC1CC(N)CCC1C(=O)NC1CCCCC1O. The van der Waals surface area contributed by atoms with Crippen molar-refractivity contribution in [3.8, 4) is 0 Å². The number of hydrogen-bond acceptors (Lipinski definition) is 3. The van der Waals surface area contributed by atoms with E-state index in [1.54, 1.807) is 0 Å². The molecule has 4 heteroatoms. The Balaban J connectivity index is 1.87. The molecule has 5 unspecified atom stereocenters. The molecule has 0 aromatic carbocycles. The average molecular weight is 254 g/mol. The zero-order valence-corrected chi connectivity index (χ0v) is 11.3. The largest absolute Gasteiger partial charge is 0.391 e. The fourth-order valence-electron chi connectivity index (χ4n) is 3.40. The van der Waals surface area contributed by atoms with Gasteiger partial charge in [-0.2, -0.15) is 0 Å². The summed E-state index contributed by atoms with van der Waals surface area (Å²) in [6.45, 7) is 2.11. The van der Waals surface area contributed by atoms with E-state index in [-0.39, 0.29) is 30.0 Å². The third-order valence-electron chi connectivity index (χ3n) is 4.60. The second-order valence-electron chi connectivity index (χ2n) is 6.12. The molecule has 5 atom stereocenters. The van der Waals surface area contributed by atoms with Crippen molar-refractivity contribution in [3.63, 3.8) is 0 Å². The molecule has 2 aliphatic rings. The predicted molar refractivity (Wildman–Crippen MR) is 70.9 cm³/mol. The van der Waals surface area contributed by atoms with Gasteiger partial charge in [-0.3, -0.25) is 4.79 Å². The van der Waals surface area contributed by atoms with Crippen molar-refractivity contribution >= 4 is 5.91 Å². The third kappa shape index (κ3) is 3.23. The molecule has 0 spiro atoms. The molecule has 4 N–H and O–H groups in total. The van der Waals surface area contributed by atoms with Gasteiger partial charge in [-0.05, 0) is 38.0 Å². The van der Waals surface area contributed by atoms with E-state index in [9.17, 15) is 9.90 Å². The van der Waals surface area contributed by atoms with Crippen LogP contribution in [-0.4, -0.2) is 29.2 Å². The molecular weight excluding hydrogens is 228 g/mol. The number of hydrogen-bond donors (Lipinski definition) is 3. The summed E-state index contributed by atoms with van der Waals surface area (Å²) in [7, 11) is 0. The van der Waals surface area contributed by atoms with Crippen LogP contribution in [0.3, 0.4) is 0 Å². The summed E-state index contributed by atoms with van der Waals surface area (Å²) in [5.41, 5.74) is 5.92. The van der Waals surface area contributed by atoms with Crippen LogP contribution in [0.25, 0.3) is 0 Å². The first-order valence-corrected chi connectivity index (χ1v) is 7.32. The Morgan fingerprint density at radius 3 is 2.61 bits per heavy atom. The number of carbonyl (C=O) groups excluding carboxylic acids is 1. The van der Waals surface area contributed by atoms with Crippen LogP contribution in [0.4, 0.5) is 0 Å². The molecule has 2 aliphatic carbocycles. The fourth-order valence-corrected chi connectivity index (χ4v) is 3.40. The number of nitrogens with two attached hydrogens (primary N) is 1. The zero-order valence-electron chi connectivity index (χ0n) is 11.3. The molecule has 0 bridgehead atoms. The third-order valence-corrected chi connectivity index (χ3v) is 4.60. The second kappa shape index (κ2) is 6.02. The highest BCUT2D eigenvalue weighted by atomic mass is 16.3. The van der Waals surface area contributed by atoms with Crippen molar-refractivity contribution in [1.29, 1.82) is 0 Å². The molecule has 104 valence electrons. The van der Waals surface area contributed by atoms with Crippen molar-refractivity contribution in [2.75, 3.05) is 0 Å². The summed E-state index contributed by atoms with van der Waals surface area (Å²) in [6, 6.07) is 0.221. The molecule has 4 nitrogen and oxygen atoms in total. The van der Waals surface area contributed by atoms with Crippen molar-refractivity contribution in [3.05, 3.63) is 0 Å². The summed E-state index contributed by atoms with van der Waals surface area (Å²) in [4.78, 5) is 12.3. The van der Waals surface area contributed by atoms with Gasteiger partial charge in [-0.15, -0.1) is 0 Å². The van der Waals surface area contributed by atoms with E-state index in [0.29, 0.717) is 5.92 Å². The summed E-state index contributed by atoms with van der Waals surface area (Å²) in [6.07, 6.45) is 6.31. The first kappa shape index (κ1) is 13.8. The minimum Gasteiger partial charge on any atom is -0.391 e. The van der Waals surface area contributed by atoms with Crippen LogP contribution in [-0.2, 0) is 4.79 Å². The molecule has 0 radical (unpaired) electrons. The normalized spacial score (nSPS) is 41.4. The van der Waals surface area contributed by atoms with Crippen molar-refractivity contribution in [2.45, 2.75) is 70.1 Å². The van der Waals surface area contributed by atoms with Gasteiger partial charge < -0.3 is 16.2 Å². The van der Waals surface area contributed by atoms with Crippen LogP contribution >= 0.6 is 0 Å². The molecule has 0 heterocycles. The van der Waals surface area contributed by atoms with E-state index in [1.165, 1.54) is 0 Å². The standard InChI is InChI=1S/C14H26N2O2/c1-9-8-10(15)6-7-11(9)14(18)16-12-4-2-3-5-13(12)17/h9-13,17H,2-8,15H2,1H3,(H,16,18). The molecule has 18 heavy (non-hydrogen) atoms. The number of aliphatic hydroxyl groups is 1. The predicted octanol–water partition coefficient (Wildman–Crippen LogP) is 1.17. The monoisotopic (exact) mass is 254 g/mol. The Bertz CT molecular complexity index is 296. The van der Waals surface area contributed by atoms with Crippen molar-refractivity contribution in [2.24, 2.45) is 17.6 Å². The Morgan fingerprint density at radius 2 is 1.94 bits per heavy atom. The molecule has 0 aliphatic heterocycles. The minimum absolute atomic E-state index is 0.0333. The van der Waals surface area contributed by atoms with Crippen LogP contribution in [0.2, 0.25) is 0 Å². The number of aliphatic hydroxyl groups excluding tert-OH is 1. The van der Waals surface area contributed by atoms with Crippen LogP contribution in [0.1, 0.15) is 51.9 Å². The van der Waals surface area contributed by atoms with Gasteiger partial charge >= 0.3 is 0 Å². The molecule has 0 aromatic heterocycles. The fraction of sp³-hybridized carbons (Fsp3) is 0.929. The van der Waals surface area contributed by atoms with E-state index in [1.807, 2.05) is 0 Å². The quantitative estimate of drug-likeness (QED) is 0.692. The maximum atomic E-state index is 12.3. The number of amides is 1. The lowest BCUT2D eigenvalue weighted by atomic mass is 9.77. The van der Waals surface area contributed by atoms with Gasteiger partial charge in [0.1, 0.15) is 0 Å². The Kier molecular flexibility index (Phi) is 4.62. The van der Waals surface area contributed by atoms with Crippen molar-refractivity contribution < 1.29 is 9.90 Å². The van der Waals surface area contributed by atoms with Crippen LogP contribution in [0, 0.1) is 11.8 Å². The first-order chi connectivity index (χ1) is 8.58. The van der Waals surface area contributed by atoms with Crippen LogP contribution in [0.5, 0.6) is 0 Å². The molecular formula is C14H26N2O2. The highest BCUT2D eigenvalue weighted by molar-refractivity contribution is 5.79. The maximum Gasteiger partial charge on any atom is 0.223 e. The van der Waals surface area contributed by atoms with E-state index in [4.69, 9.17) is 5.73 Å². The lowest BCUT2D eigenvalue weighted by molar-refractivity contribution is -0.129. The minimum atomic E-state index is -0.358. The lowest BCUT2D eigenvalue weighted by Gasteiger charge is -2.34. The Labute approximate surface area is 109 Å². The van der Waals surface area contributed by atoms with E-state index in [2.05, 4.69) is 12.2 Å². The number of carbonyl (C=O) groups is 1. The van der Waals surface area contributed by atoms with Gasteiger partial charge in [-0.25, -0.2) is 0 Å². The topological polar surface area (TPSA) is 75.4 Å². The average Bonchev–Trinajstić information content (AvgIpc) is 2.32. The summed E-state index contributed by atoms with van der Waals surface area (Å²) in [5, 5.41) is 12.9. The summed E-state index contributed by atoms with van der Waals surface area (Å²) < 4.78 is 0. The van der Waals surface area contributed by atoms with Gasteiger partial charge in [0.05, 0.1) is 12.1 Å². The summed E-state index contributed by atoms with van der Waals surface area (Å²) in [5.74, 6) is 0.564. The lowest BCUT2D eigenvalue weighted by Crippen LogP contribution is -2.49. The smallest absolute Gasteiger partial charge is 0.223 e. The van der Waals surface area contributed by atoms with Gasteiger partial charge in [0.15, 0.2) is 0 Å². The van der Waals surface area contributed by atoms with Crippen LogP contribution in [0.15, 0.2) is 0 Å². The van der Waals surface area contributed by atoms with Gasteiger partial charge in [0, 0.05) is 12.0 Å². The maximum absolute atomic E-state index is 12.3. The highest BCUT2D eigenvalue weighted by Crippen LogP contribution is 2.29. The van der Waals surface area contributed by atoms with Gasteiger partial charge in [0.2, 0.25) is 5.91 Å². The van der Waals surface area contributed by atoms with Gasteiger partial charge in [0.25, 0.3) is 0 Å². The van der Waals surface area contributed by atoms with E-state index in [0.717, 1.165) is 44.9 Å². The Morgan fingerprint density at radius 1 is 1.22 bits per heavy atom. The zero-order chi connectivity index (χ0) is 13.1. The molecule has 1 amide bonds. The van der Waals surface area contributed by atoms with E-state index >= 15 is 0 Å². The molecule has 0 aromatic rings. The van der Waals surface area contributed by atoms with Crippen LogP contribution < -0.4 is 11.1 Å². The molecule has 2 rings (SSSR count). The molecule has 2 fully saturated rings. The molecule has 2 saturated carbocycles. The highest BCUT2D eigenvalue weighted by Gasteiger charge is 2.33. The molecule has 0 saturated heterocycles. The summed E-state index contributed by atoms with van der Waals surface area (Å²) >= 11 is 0. The first-order valence-electron chi connectivity index (χ1n) is 7.32. The van der Waals surface area contributed by atoms with Gasteiger partial charge in [-0.1, -0.05) is 19.8 Å². The van der Waals surface area contributed by atoms with Crippen molar-refractivity contribution in [1.82, 2.24) is 5.32 Å².